The van der Waals surface area contributed by atoms with Crippen molar-refractivity contribution in [3.63, 3.8) is 0 Å². The molecule has 0 radical (unpaired) electrons. The number of hydrogen-bond donors (Lipinski definition) is 4. The zero-order valence-electron chi connectivity index (χ0n) is 7.06. The van der Waals surface area contributed by atoms with Gasteiger partial charge in [0.15, 0.2) is 10.5 Å². The Balaban J connectivity index is 2.89. The van der Waals surface area contributed by atoms with Crippen molar-refractivity contribution < 1.29 is 19.8 Å². The minimum absolute atomic E-state index is 0.140. The summed E-state index contributed by atoms with van der Waals surface area (Å²) in [6.07, 6.45) is 0. The topological polar surface area (TPSA) is 100 Å². The summed E-state index contributed by atoms with van der Waals surface area (Å²) in [5.41, 5.74) is 0. The number of rotatable bonds is 4. The minimum atomic E-state index is -1.16. The largest absolute Gasteiger partial charge is 0.480 e. The van der Waals surface area contributed by atoms with Gasteiger partial charge in [0.05, 0.1) is 0 Å². The fourth-order valence-electron chi connectivity index (χ4n) is 0.679. The lowest BCUT2D eigenvalue weighted by atomic mass is 10.4. The molecule has 0 aliphatic carbocycles. The molecule has 0 spiro atoms. The van der Waals surface area contributed by atoms with Gasteiger partial charge in [-0.1, -0.05) is 11.3 Å². The van der Waals surface area contributed by atoms with Crippen LogP contribution in [0.15, 0.2) is 0 Å². The van der Waals surface area contributed by atoms with E-state index in [1.807, 2.05) is 0 Å². The zero-order valence-corrected chi connectivity index (χ0v) is 9.67. The van der Waals surface area contributed by atoms with Crippen LogP contribution in [0.25, 0.3) is 0 Å². The second-order valence-corrected chi connectivity index (χ2v) is 4.53. The highest BCUT2D eigenvalue weighted by Gasteiger charge is 2.24. The van der Waals surface area contributed by atoms with Gasteiger partial charge in [-0.15, -0.1) is 10.2 Å². The summed E-state index contributed by atoms with van der Waals surface area (Å²) in [5.74, 6) is -2.32. The summed E-state index contributed by atoms with van der Waals surface area (Å²) in [6.45, 7) is 0. The standard InChI is InChI=1S/C6H6N2O4S3/c9-5(10)1(13)3-7-8-4(15-3)2(14)6(11)12/h1-2,13-14H,(H,9,10)(H,11,12). The monoisotopic (exact) mass is 266 g/mol. The van der Waals surface area contributed by atoms with E-state index in [1.165, 1.54) is 0 Å². The van der Waals surface area contributed by atoms with Crippen LogP contribution in [0, 0.1) is 0 Å². The second-order valence-electron chi connectivity index (χ2n) is 2.46. The van der Waals surface area contributed by atoms with E-state index < -0.39 is 22.4 Å². The Bertz CT molecular complexity index is 359. The van der Waals surface area contributed by atoms with Crippen LogP contribution >= 0.6 is 36.6 Å². The molecular weight excluding hydrogens is 260 g/mol. The smallest absolute Gasteiger partial charge is 0.323 e. The molecule has 0 saturated carbocycles. The number of carbonyl (C=O) groups is 2. The normalized spacial score (nSPS) is 14.5. The minimum Gasteiger partial charge on any atom is -0.480 e. The molecule has 6 nitrogen and oxygen atoms in total. The van der Waals surface area contributed by atoms with Crippen LogP contribution in [0.4, 0.5) is 0 Å². The Morgan fingerprint density at radius 1 is 1.07 bits per heavy atom. The lowest BCUT2D eigenvalue weighted by Crippen LogP contribution is -2.04. The molecule has 2 atom stereocenters. The van der Waals surface area contributed by atoms with Crippen molar-refractivity contribution in [1.29, 1.82) is 0 Å². The highest BCUT2D eigenvalue weighted by molar-refractivity contribution is 7.82. The number of hydrogen-bond acceptors (Lipinski definition) is 7. The van der Waals surface area contributed by atoms with E-state index in [0.29, 0.717) is 0 Å². The lowest BCUT2D eigenvalue weighted by Gasteiger charge is -1.98. The molecule has 0 aliphatic rings. The maximum atomic E-state index is 10.5. The van der Waals surface area contributed by atoms with Crippen LogP contribution in [-0.2, 0) is 9.59 Å². The van der Waals surface area contributed by atoms with E-state index in [2.05, 4.69) is 35.5 Å². The van der Waals surface area contributed by atoms with Crippen molar-refractivity contribution in [2.75, 3.05) is 0 Å². The number of nitrogens with zero attached hydrogens (tertiary/aromatic N) is 2. The summed E-state index contributed by atoms with van der Waals surface area (Å²) in [6, 6.07) is 0. The number of thiol groups is 2. The molecule has 1 heterocycles. The first-order valence-corrected chi connectivity index (χ1v) is 5.43. The molecule has 2 N–H and O–H groups in total. The number of carboxylic acid groups (broad SMARTS) is 2. The molecule has 2 unspecified atom stereocenters. The molecule has 0 aromatic carbocycles. The first-order valence-electron chi connectivity index (χ1n) is 3.58. The molecule has 15 heavy (non-hydrogen) atoms. The third-order valence-corrected chi connectivity index (χ3v) is 3.73. The summed E-state index contributed by atoms with van der Waals surface area (Å²) in [7, 11) is 0. The quantitative estimate of drug-likeness (QED) is 0.597. The molecule has 1 aromatic heterocycles. The van der Waals surface area contributed by atoms with Crippen LogP contribution in [0.1, 0.15) is 20.5 Å². The summed E-state index contributed by atoms with van der Waals surface area (Å²) < 4.78 is 0. The Kier molecular flexibility index (Phi) is 3.94. The van der Waals surface area contributed by atoms with Crippen molar-refractivity contribution in [1.82, 2.24) is 10.2 Å². The van der Waals surface area contributed by atoms with Gasteiger partial charge in [-0.25, -0.2) is 0 Å². The number of carboxylic acids is 2. The van der Waals surface area contributed by atoms with Gasteiger partial charge < -0.3 is 10.2 Å². The SMILES string of the molecule is O=C(O)C(S)c1nnc(C(S)C(=O)O)s1. The van der Waals surface area contributed by atoms with Crippen molar-refractivity contribution in [3.05, 3.63) is 10.0 Å². The van der Waals surface area contributed by atoms with E-state index in [4.69, 9.17) is 10.2 Å². The average Bonchev–Trinajstić information content (AvgIpc) is 2.63. The van der Waals surface area contributed by atoms with Gasteiger partial charge in [-0.05, 0) is 0 Å². The Labute approximate surface area is 99.2 Å². The van der Waals surface area contributed by atoms with Gasteiger partial charge in [-0.2, -0.15) is 25.3 Å². The fraction of sp³-hybridized carbons (Fsp3) is 0.333. The zero-order chi connectivity index (χ0) is 11.6. The second kappa shape index (κ2) is 4.81. The molecule has 0 bridgehead atoms. The third-order valence-electron chi connectivity index (χ3n) is 1.39. The van der Waals surface area contributed by atoms with Crippen LogP contribution in [0.3, 0.4) is 0 Å². The van der Waals surface area contributed by atoms with E-state index in [1.54, 1.807) is 0 Å². The highest BCUT2D eigenvalue weighted by atomic mass is 32.1. The fourth-order valence-corrected chi connectivity index (χ4v) is 1.90. The Morgan fingerprint density at radius 3 is 1.67 bits per heavy atom. The van der Waals surface area contributed by atoms with E-state index >= 15 is 0 Å². The van der Waals surface area contributed by atoms with Crippen molar-refractivity contribution in [2.45, 2.75) is 10.5 Å². The highest BCUT2D eigenvalue weighted by Crippen LogP contribution is 2.29. The van der Waals surface area contributed by atoms with Crippen molar-refractivity contribution >= 4 is 48.5 Å². The van der Waals surface area contributed by atoms with Gasteiger partial charge in [-0.3, -0.25) is 9.59 Å². The Hall–Kier alpha value is -0.800. The number of aromatic nitrogens is 2. The predicted molar refractivity (Wildman–Crippen MR) is 58.6 cm³/mol. The van der Waals surface area contributed by atoms with Gasteiger partial charge in [0.2, 0.25) is 0 Å². The average molecular weight is 266 g/mol. The Morgan fingerprint density at radius 2 is 1.40 bits per heavy atom. The first-order chi connectivity index (χ1) is 6.93. The molecule has 0 fully saturated rings. The summed E-state index contributed by atoms with van der Waals surface area (Å²) in [4.78, 5) is 21.1. The van der Waals surface area contributed by atoms with E-state index in [-0.39, 0.29) is 10.0 Å². The van der Waals surface area contributed by atoms with Crippen LogP contribution < -0.4 is 0 Å². The summed E-state index contributed by atoms with van der Waals surface area (Å²) >= 11 is 8.44. The molecule has 82 valence electrons. The predicted octanol–water partition coefficient (Wildman–Crippen LogP) is 0.649. The third kappa shape index (κ3) is 2.83. The van der Waals surface area contributed by atoms with Crippen LogP contribution in [0.5, 0.6) is 0 Å². The van der Waals surface area contributed by atoms with Gasteiger partial charge in [0.25, 0.3) is 0 Å². The molecule has 1 aromatic rings. The van der Waals surface area contributed by atoms with E-state index in [0.717, 1.165) is 11.3 Å². The van der Waals surface area contributed by atoms with Gasteiger partial charge in [0, 0.05) is 0 Å². The van der Waals surface area contributed by atoms with Crippen LogP contribution in [0.2, 0.25) is 0 Å². The summed E-state index contributed by atoms with van der Waals surface area (Å²) in [5, 5.41) is 22.4. The number of aliphatic carboxylic acids is 2. The molecule has 1 rings (SSSR count). The lowest BCUT2D eigenvalue weighted by molar-refractivity contribution is -0.137. The van der Waals surface area contributed by atoms with Gasteiger partial charge >= 0.3 is 11.9 Å². The van der Waals surface area contributed by atoms with Gasteiger partial charge in [0.1, 0.15) is 10.0 Å². The van der Waals surface area contributed by atoms with Crippen LogP contribution in [-0.4, -0.2) is 32.3 Å². The van der Waals surface area contributed by atoms with Crippen molar-refractivity contribution in [2.24, 2.45) is 0 Å². The molecule has 9 heteroatoms. The molecule has 0 saturated heterocycles. The van der Waals surface area contributed by atoms with Crippen molar-refractivity contribution in [3.8, 4) is 0 Å². The molecule has 0 amide bonds. The van der Waals surface area contributed by atoms with E-state index in [9.17, 15) is 9.59 Å². The first kappa shape index (κ1) is 12.3. The maximum absolute atomic E-state index is 10.5. The molecular formula is C6H6N2O4S3. The molecule has 0 aliphatic heterocycles. The maximum Gasteiger partial charge on any atom is 0.323 e.